The fourth-order valence-corrected chi connectivity index (χ4v) is 3.06. The summed E-state index contributed by atoms with van der Waals surface area (Å²) in [6.45, 7) is 9.03. The molecule has 0 aromatic carbocycles. The molecule has 1 atom stereocenters. The molecule has 24 heavy (non-hydrogen) atoms. The summed E-state index contributed by atoms with van der Waals surface area (Å²) in [5, 5.41) is 4.42. The quantitative estimate of drug-likeness (QED) is 0.859. The number of carbonyl (C=O) groups is 1. The van der Waals surface area contributed by atoms with E-state index in [0.29, 0.717) is 11.7 Å². The van der Waals surface area contributed by atoms with Gasteiger partial charge in [-0.25, -0.2) is 4.98 Å². The third kappa shape index (κ3) is 3.08. The van der Waals surface area contributed by atoms with Crippen molar-refractivity contribution < 1.29 is 4.79 Å². The summed E-state index contributed by atoms with van der Waals surface area (Å²) >= 11 is 0. The van der Waals surface area contributed by atoms with E-state index >= 15 is 0 Å². The molecular weight excluding hydrogens is 304 g/mol. The maximum absolute atomic E-state index is 12.1. The van der Waals surface area contributed by atoms with Crippen molar-refractivity contribution in [2.45, 2.75) is 45.9 Å². The summed E-state index contributed by atoms with van der Waals surface area (Å²) in [7, 11) is 3.51. The third-order valence-corrected chi connectivity index (χ3v) is 4.55. The molecule has 0 saturated carbocycles. The molecule has 3 heterocycles. The number of aromatic nitrogens is 4. The molecule has 2 aromatic rings. The molecule has 0 radical (unpaired) electrons. The number of hydrogen-bond acceptors (Lipinski definition) is 4. The highest BCUT2D eigenvalue weighted by atomic mass is 16.2. The number of rotatable bonds is 4. The minimum Gasteiger partial charge on any atom is -0.343 e. The average molecular weight is 330 g/mol. The van der Waals surface area contributed by atoms with Crippen LogP contribution < -0.4 is 0 Å². The van der Waals surface area contributed by atoms with Crippen LogP contribution in [-0.4, -0.2) is 55.7 Å². The maximum atomic E-state index is 12.1. The summed E-state index contributed by atoms with van der Waals surface area (Å²) in [5.74, 6) is 0.913. The molecule has 0 aliphatic carbocycles. The Labute approximate surface area is 142 Å². The van der Waals surface area contributed by atoms with Crippen LogP contribution in [0, 0.1) is 0 Å². The van der Waals surface area contributed by atoms with Gasteiger partial charge in [0.25, 0.3) is 5.91 Å². The van der Waals surface area contributed by atoms with Crippen molar-refractivity contribution in [1.82, 2.24) is 29.1 Å². The first-order chi connectivity index (χ1) is 11.4. The zero-order valence-electron chi connectivity index (χ0n) is 15.1. The van der Waals surface area contributed by atoms with E-state index in [0.717, 1.165) is 25.5 Å². The summed E-state index contributed by atoms with van der Waals surface area (Å²) in [5.41, 5.74) is 1.73. The van der Waals surface area contributed by atoms with Crippen LogP contribution in [0.4, 0.5) is 0 Å². The number of fused-ring (bicyclic) bond motifs is 1. The number of nitrogens with zero attached hydrogens (tertiary/aromatic N) is 6. The molecule has 2 aromatic heterocycles. The highest BCUT2D eigenvalue weighted by molar-refractivity contribution is 5.91. The third-order valence-electron chi connectivity index (χ3n) is 4.55. The zero-order chi connectivity index (χ0) is 17.4. The molecule has 0 spiro atoms. The summed E-state index contributed by atoms with van der Waals surface area (Å²) in [6.07, 6.45) is 5.93. The largest absolute Gasteiger partial charge is 0.343 e. The van der Waals surface area contributed by atoms with Crippen LogP contribution in [0.3, 0.4) is 0 Å². The van der Waals surface area contributed by atoms with Crippen molar-refractivity contribution >= 4 is 5.91 Å². The van der Waals surface area contributed by atoms with Crippen molar-refractivity contribution in [3.05, 3.63) is 35.7 Å². The summed E-state index contributed by atoms with van der Waals surface area (Å²) < 4.78 is 4.09. The van der Waals surface area contributed by atoms with E-state index in [1.807, 2.05) is 17.1 Å². The standard InChI is InChI=1S/C17H26N6O/c1-12(2)23-10-14(8-18-23)9-21-6-7-22-11-15(17(24)20(4)5)19-16(22)13(21)3/h8,10-13H,6-7,9H2,1-5H3/t13-/m1/s1. The zero-order valence-corrected chi connectivity index (χ0v) is 15.1. The highest BCUT2D eigenvalue weighted by Crippen LogP contribution is 2.26. The van der Waals surface area contributed by atoms with Gasteiger partial charge in [0.05, 0.1) is 12.2 Å². The lowest BCUT2D eigenvalue weighted by Gasteiger charge is -2.33. The van der Waals surface area contributed by atoms with Crippen molar-refractivity contribution in [3.8, 4) is 0 Å². The Morgan fingerprint density at radius 3 is 2.71 bits per heavy atom. The lowest BCUT2D eigenvalue weighted by Crippen LogP contribution is -2.36. The van der Waals surface area contributed by atoms with Gasteiger partial charge in [-0.3, -0.25) is 14.4 Å². The molecule has 0 saturated heterocycles. The Kier molecular flexibility index (Phi) is 4.45. The number of hydrogen-bond donors (Lipinski definition) is 0. The van der Waals surface area contributed by atoms with E-state index in [4.69, 9.17) is 0 Å². The lowest BCUT2D eigenvalue weighted by molar-refractivity contribution is 0.0822. The SMILES string of the molecule is CC(C)n1cc(CN2CCn3cc(C(=O)N(C)C)nc3[C@H]2C)cn1. The second kappa shape index (κ2) is 6.39. The van der Waals surface area contributed by atoms with Crippen molar-refractivity contribution in [3.63, 3.8) is 0 Å². The molecule has 0 N–H and O–H groups in total. The monoisotopic (exact) mass is 330 g/mol. The fraction of sp³-hybridized carbons (Fsp3) is 0.588. The number of carbonyl (C=O) groups excluding carboxylic acids is 1. The molecule has 7 nitrogen and oxygen atoms in total. The Morgan fingerprint density at radius 1 is 1.33 bits per heavy atom. The maximum Gasteiger partial charge on any atom is 0.273 e. The molecule has 1 aliphatic heterocycles. The second-order valence-corrected chi connectivity index (χ2v) is 6.95. The van der Waals surface area contributed by atoms with Crippen LogP contribution >= 0.6 is 0 Å². The van der Waals surface area contributed by atoms with Gasteiger partial charge in [-0.05, 0) is 20.8 Å². The topological polar surface area (TPSA) is 59.2 Å². The normalized spacial score (nSPS) is 18.0. The minimum absolute atomic E-state index is 0.0474. The van der Waals surface area contributed by atoms with E-state index < -0.39 is 0 Å². The molecule has 0 bridgehead atoms. The highest BCUT2D eigenvalue weighted by Gasteiger charge is 2.28. The smallest absolute Gasteiger partial charge is 0.273 e. The van der Waals surface area contributed by atoms with Crippen molar-refractivity contribution in [2.24, 2.45) is 0 Å². The molecule has 1 aliphatic rings. The molecular formula is C17H26N6O. The van der Waals surface area contributed by atoms with Gasteiger partial charge in [-0.15, -0.1) is 0 Å². The summed E-state index contributed by atoms with van der Waals surface area (Å²) in [6, 6.07) is 0.542. The average Bonchev–Trinajstić information content (AvgIpc) is 3.16. The van der Waals surface area contributed by atoms with Crippen LogP contribution in [0.2, 0.25) is 0 Å². The van der Waals surface area contributed by atoms with Crippen LogP contribution in [0.25, 0.3) is 0 Å². The molecule has 3 rings (SSSR count). The van der Waals surface area contributed by atoms with Crippen molar-refractivity contribution in [1.29, 1.82) is 0 Å². The predicted molar refractivity (Wildman–Crippen MR) is 91.7 cm³/mol. The van der Waals surface area contributed by atoms with Crippen molar-refractivity contribution in [2.75, 3.05) is 20.6 Å². The number of imidazole rings is 1. The van der Waals surface area contributed by atoms with Gasteiger partial charge in [0.1, 0.15) is 11.5 Å². The number of amides is 1. The van der Waals surface area contributed by atoms with Gasteiger partial charge in [-0.1, -0.05) is 0 Å². The first-order valence-electron chi connectivity index (χ1n) is 8.42. The van der Waals surface area contributed by atoms with Gasteiger partial charge < -0.3 is 9.47 Å². The van der Waals surface area contributed by atoms with Crippen LogP contribution in [0.5, 0.6) is 0 Å². The first kappa shape index (κ1) is 16.7. The summed E-state index contributed by atoms with van der Waals surface area (Å²) in [4.78, 5) is 20.7. The van der Waals surface area contributed by atoms with Gasteiger partial charge in [-0.2, -0.15) is 5.10 Å². The molecule has 0 fully saturated rings. The Balaban J connectivity index is 1.76. The second-order valence-electron chi connectivity index (χ2n) is 6.95. The Morgan fingerprint density at radius 2 is 2.08 bits per heavy atom. The molecule has 7 heteroatoms. The Hall–Kier alpha value is -2.15. The fourth-order valence-electron chi connectivity index (χ4n) is 3.06. The van der Waals surface area contributed by atoms with Gasteiger partial charge in [0.15, 0.2) is 0 Å². The van der Waals surface area contributed by atoms with Crippen LogP contribution in [-0.2, 0) is 13.1 Å². The van der Waals surface area contributed by atoms with Crippen LogP contribution in [0.1, 0.15) is 54.7 Å². The predicted octanol–water partition coefficient (Wildman–Crippen LogP) is 1.94. The van der Waals surface area contributed by atoms with Gasteiger partial charge in [0, 0.05) is 57.7 Å². The van der Waals surface area contributed by atoms with Crippen LogP contribution in [0.15, 0.2) is 18.6 Å². The molecule has 0 unspecified atom stereocenters. The van der Waals surface area contributed by atoms with Gasteiger partial charge >= 0.3 is 0 Å². The molecule has 130 valence electrons. The lowest BCUT2D eigenvalue weighted by atomic mass is 10.2. The van der Waals surface area contributed by atoms with E-state index in [9.17, 15) is 4.79 Å². The van der Waals surface area contributed by atoms with E-state index in [1.165, 1.54) is 5.56 Å². The van der Waals surface area contributed by atoms with E-state index in [1.54, 1.807) is 19.0 Å². The Bertz CT molecular complexity index is 729. The minimum atomic E-state index is -0.0474. The first-order valence-corrected chi connectivity index (χ1v) is 8.42. The van der Waals surface area contributed by atoms with E-state index in [2.05, 4.69) is 46.5 Å². The van der Waals surface area contributed by atoms with E-state index in [-0.39, 0.29) is 11.9 Å². The molecule has 1 amide bonds. The van der Waals surface area contributed by atoms with Gasteiger partial charge in [0.2, 0.25) is 0 Å².